The molecule has 0 radical (unpaired) electrons. The molecule has 1 amide bonds. The maximum Gasteiger partial charge on any atom is 0.299 e. The van der Waals surface area contributed by atoms with Crippen LogP contribution in [0.2, 0.25) is 10.0 Å². The number of benzene rings is 2. The Kier molecular flexibility index (Phi) is 3.43. The smallest absolute Gasteiger partial charge is 0.299 e. The monoisotopic (exact) mass is 323 g/mol. The molecular weight excluding hydrogens is 316 g/mol. The highest BCUT2D eigenvalue weighted by Gasteiger charge is 2.36. The maximum atomic E-state index is 13.4. The van der Waals surface area contributed by atoms with Crippen molar-refractivity contribution in [3.63, 3.8) is 0 Å². The van der Waals surface area contributed by atoms with Gasteiger partial charge in [0.1, 0.15) is 5.82 Å². The Balaban J connectivity index is 2.06. The molecule has 3 rings (SSSR count). The van der Waals surface area contributed by atoms with Gasteiger partial charge in [-0.15, -0.1) is 0 Å². The maximum absolute atomic E-state index is 13.4. The van der Waals surface area contributed by atoms with Crippen molar-refractivity contribution in [2.45, 2.75) is 6.54 Å². The first kappa shape index (κ1) is 14.0. The van der Waals surface area contributed by atoms with E-state index >= 15 is 0 Å². The van der Waals surface area contributed by atoms with Gasteiger partial charge < -0.3 is 4.90 Å². The molecule has 3 nitrogen and oxygen atoms in total. The quantitative estimate of drug-likeness (QED) is 0.787. The first-order valence-electron chi connectivity index (χ1n) is 6.07. The zero-order chi connectivity index (χ0) is 15.1. The summed E-state index contributed by atoms with van der Waals surface area (Å²) in [5, 5.41) is 0.764. The highest BCUT2D eigenvalue weighted by atomic mass is 35.5. The van der Waals surface area contributed by atoms with Gasteiger partial charge in [-0.1, -0.05) is 29.3 Å². The molecule has 1 aliphatic rings. The summed E-state index contributed by atoms with van der Waals surface area (Å²) in [6.07, 6.45) is 0. The molecule has 0 aliphatic carbocycles. The number of Topliss-reactive ketones (excluding diaryl/α,β-unsaturated/α-hetero) is 1. The Morgan fingerprint density at radius 1 is 1.05 bits per heavy atom. The van der Waals surface area contributed by atoms with Crippen LogP contribution in [0.5, 0.6) is 0 Å². The summed E-state index contributed by atoms with van der Waals surface area (Å²) in [6, 6.07) is 8.56. The topological polar surface area (TPSA) is 37.4 Å². The Hall–Kier alpha value is -1.91. The van der Waals surface area contributed by atoms with Gasteiger partial charge in [-0.25, -0.2) is 4.39 Å². The SMILES string of the molecule is O=C1C(=O)N(Cc2c(Cl)cccc2Cl)c2cc(F)ccc21. The van der Waals surface area contributed by atoms with E-state index in [1.807, 2.05) is 0 Å². The fourth-order valence-electron chi connectivity index (χ4n) is 2.27. The fourth-order valence-corrected chi connectivity index (χ4v) is 2.78. The molecule has 6 heteroatoms. The summed E-state index contributed by atoms with van der Waals surface area (Å²) in [4.78, 5) is 25.2. The Morgan fingerprint density at radius 3 is 2.38 bits per heavy atom. The summed E-state index contributed by atoms with van der Waals surface area (Å²) in [7, 11) is 0. The first-order chi connectivity index (χ1) is 9.99. The van der Waals surface area contributed by atoms with Crippen LogP contribution in [0.3, 0.4) is 0 Å². The molecule has 1 aliphatic heterocycles. The summed E-state index contributed by atoms with van der Waals surface area (Å²) in [5.41, 5.74) is 0.935. The van der Waals surface area contributed by atoms with Crippen molar-refractivity contribution >= 4 is 40.6 Å². The third-order valence-corrected chi connectivity index (χ3v) is 4.02. The summed E-state index contributed by atoms with van der Waals surface area (Å²) in [6.45, 7) is 0.0134. The number of hydrogen-bond donors (Lipinski definition) is 0. The average Bonchev–Trinajstić information content (AvgIpc) is 2.67. The second-order valence-corrected chi connectivity index (χ2v) is 5.40. The van der Waals surface area contributed by atoms with Crippen LogP contribution >= 0.6 is 23.2 Å². The summed E-state index contributed by atoms with van der Waals surface area (Å²) < 4.78 is 13.4. The number of carbonyl (C=O) groups is 2. The van der Waals surface area contributed by atoms with Crippen molar-refractivity contribution in [1.82, 2.24) is 0 Å². The van der Waals surface area contributed by atoms with Crippen molar-refractivity contribution in [2.24, 2.45) is 0 Å². The van der Waals surface area contributed by atoms with Crippen LogP contribution in [-0.4, -0.2) is 11.7 Å². The molecule has 2 aromatic rings. The van der Waals surface area contributed by atoms with E-state index in [0.717, 1.165) is 12.1 Å². The zero-order valence-electron chi connectivity index (χ0n) is 10.6. The molecule has 0 fully saturated rings. The second kappa shape index (κ2) is 5.13. The number of ketones is 1. The minimum Gasteiger partial charge on any atom is -0.300 e. The van der Waals surface area contributed by atoms with E-state index in [1.165, 1.54) is 11.0 Å². The van der Waals surface area contributed by atoms with Crippen LogP contribution in [0, 0.1) is 5.82 Å². The number of carbonyl (C=O) groups excluding carboxylic acids is 2. The molecular formula is C15H8Cl2FNO2. The number of nitrogens with zero attached hydrogens (tertiary/aromatic N) is 1. The molecule has 21 heavy (non-hydrogen) atoms. The van der Waals surface area contributed by atoms with Gasteiger partial charge in [0.2, 0.25) is 0 Å². The van der Waals surface area contributed by atoms with Crippen LogP contribution in [0.4, 0.5) is 10.1 Å². The highest BCUT2D eigenvalue weighted by Crippen LogP contribution is 2.34. The molecule has 0 saturated heterocycles. The number of amides is 1. The molecule has 0 spiro atoms. The van der Waals surface area contributed by atoms with E-state index in [9.17, 15) is 14.0 Å². The lowest BCUT2D eigenvalue weighted by Crippen LogP contribution is -2.29. The molecule has 0 N–H and O–H groups in total. The third kappa shape index (κ3) is 2.30. The van der Waals surface area contributed by atoms with Gasteiger partial charge in [0, 0.05) is 15.6 Å². The molecule has 0 bridgehead atoms. The lowest BCUT2D eigenvalue weighted by Gasteiger charge is -2.18. The Labute approximate surface area is 129 Å². The van der Waals surface area contributed by atoms with Gasteiger partial charge in [-0.05, 0) is 30.3 Å². The molecule has 0 aromatic heterocycles. The van der Waals surface area contributed by atoms with Crippen LogP contribution < -0.4 is 4.90 Å². The Morgan fingerprint density at radius 2 is 1.71 bits per heavy atom. The minimum absolute atomic E-state index is 0.0134. The number of rotatable bonds is 2. The van der Waals surface area contributed by atoms with Crippen molar-refractivity contribution in [3.05, 3.63) is 63.4 Å². The van der Waals surface area contributed by atoms with E-state index in [1.54, 1.807) is 18.2 Å². The van der Waals surface area contributed by atoms with E-state index in [4.69, 9.17) is 23.2 Å². The largest absolute Gasteiger partial charge is 0.300 e. The molecule has 2 aromatic carbocycles. The normalized spacial score (nSPS) is 13.8. The van der Waals surface area contributed by atoms with Crippen molar-refractivity contribution in [2.75, 3.05) is 4.90 Å². The van der Waals surface area contributed by atoms with E-state index in [2.05, 4.69) is 0 Å². The van der Waals surface area contributed by atoms with Gasteiger partial charge in [0.25, 0.3) is 11.7 Å². The average molecular weight is 324 g/mol. The van der Waals surface area contributed by atoms with Crippen LogP contribution in [-0.2, 0) is 11.3 Å². The lowest BCUT2D eigenvalue weighted by atomic mass is 10.1. The predicted octanol–water partition coefficient (Wildman–Crippen LogP) is 3.86. The van der Waals surface area contributed by atoms with Crippen LogP contribution in [0.15, 0.2) is 36.4 Å². The fraction of sp³-hybridized carbons (Fsp3) is 0.0667. The molecule has 1 heterocycles. The number of halogens is 3. The lowest BCUT2D eigenvalue weighted by molar-refractivity contribution is -0.114. The minimum atomic E-state index is -0.716. The zero-order valence-corrected chi connectivity index (χ0v) is 12.1. The number of anilines is 1. The van der Waals surface area contributed by atoms with Crippen molar-refractivity contribution in [1.29, 1.82) is 0 Å². The second-order valence-electron chi connectivity index (χ2n) is 4.58. The van der Waals surface area contributed by atoms with E-state index in [0.29, 0.717) is 15.6 Å². The third-order valence-electron chi connectivity index (χ3n) is 3.31. The molecule has 0 atom stereocenters. The molecule has 0 unspecified atom stereocenters. The summed E-state index contributed by atoms with van der Waals surface area (Å²) in [5.74, 6) is -1.90. The van der Waals surface area contributed by atoms with Crippen molar-refractivity contribution < 1.29 is 14.0 Å². The van der Waals surface area contributed by atoms with Gasteiger partial charge in [-0.3, -0.25) is 9.59 Å². The van der Waals surface area contributed by atoms with Gasteiger partial charge in [0.15, 0.2) is 0 Å². The number of hydrogen-bond acceptors (Lipinski definition) is 2. The first-order valence-corrected chi connectivity index (χ1v) is 6.83. The highest BCUT2D eigenvalue weighted by molar-refractivity contribution is 6.52. The van der Waals surface area contributed by atoms with Gasteiger partial charge in [-0.2, -0.15) is 0 Å². The molecule has 106 valence electrons. The van der Waals surface area contributed by atoms with E-state index in [-0.39, 0.29) is 17.8 Å². The van der Waals surface area contributed by atoms with Gasteiger partial charge >= 0.3 is 0 Å². The van der Waals surface area contributed by atoms with Crippen LogP contribution in [0.25, 0.3) is 0 Å². The standard InChI is InChI=1S/C15H8Cl2FNO2/c16-11-2-1-3-12(17)10(11)7-19-13-6-8(18)4-5-9(13)14(20)15(19)21/h1-6H,7H2. The van der Waals surface area contributed by atoms with E-state index < -0.39 is 17.5 Å². The predicted molar refractivity (Wildman–Crippen MR) is 78.4 cm³/mol. The molecule has 0 saturated carbocycles. The van der Waals surface area contributed by atoms with Gasteiger partial charge in [0.05, 0.1) is 17.8 Å². The van der Waals surface area contributed by atoms with Crippen molar-refractivity contribution in [3.8, 4) is 0 Å². The Bertz CT molecular complexity index is 756. The summed E-state index contributed by atoms with van der Waals surface area (Å²) >= 11 is 12.1. The van der Waals surface area contributed by atoms with Crippen LogP contribution in [0.1, 0.15) is 15.9 Å². The number of fused-ring (bicyclic) bond motifs is 1.